The average molecular weight is 383 g/mol. The topological polar surface area (TPSA) is 109 Å². The molecular formula is C17H25N3O5S. The number of furan rings is 1. The van der Waals surface area contributed by atoms with Gasteiger partial charge in [-0.2, -0.15) is 0 Å². The van der Waals surface area contributed by atoms with E-state index in [-0.39, 0.29) is 30.1 Å². The molecule has 9 heteroatoms. The second kappa shape index (κ2) is 8.22. The number of carbonyl (C=O) groups is 2. The summed E-state index contributed by atoms with van der Waals surface area (Å²) in [6.07, 6.45) is 6.06. The average Bonchev–Trinajstić information content (AvgIpc) is 3.29. The second-order valence-electron chi connectivity index (χ2n) is 7.04. The van der Waals surface area contributed by atoms with Crippen molar-refractivity contribution in [1.29, 1.82) is 0 Å². The highest BCUT2D eigenvalue weighted by Gasteiger charge is 2.33. The predicted octanol–water partition coefficient (Wildman–Crippen LogP) is 1.04. The number of imide groups is 1. The molecule has 1 aliphatic heterocycles. The maximum Gasteiger partial charge on any atom is 0.321 e. The minimum absolute atomic E-state index is 0.0231. The first kappa shape index (κ1) is 18.9. The van der Waals surface area contributed by atoms with Gasteiger partial charge in [0, 0.05) is 12.1 Å². The molecule has 3 rings (SSSR count). The smallest absolute Gasteiger partial charge is 0.321 e. The fourth-order valence-corrected chi connectivity index (χ4v) is 5.38. The van der Waals surface area contributed by atoms with Gasteiger partial charge in [0.2, 0.25) is 5.91 Å². The quantitative estimate of drug-likeness (QED) is 0.760. The van der Waals surface area contributed by atoms with Crippen LogP contribution in [0.3, 0.4) is 0 Å². The number of urea groups is 1. The summed E-state index contributed by atoms with van der Waals surface area (Å²) in [6.45, 7) is 0.268. The Balaban J connectivity index is 1.57. The molecule has 3 amide bonds. The van der Waals surface area contributed by atoms with E-state index in [9.17, 15) is 18.0 Å². The maximum atomic E-state index is 12.3. The van der Waals surface area contributed by atoms with Crippen molar-refractivity contribution in [2.75, 3.05) is 18.1 Å². The van der Waals surface area contributed by atoms with Gasteiger partial charge in [0.25, 0.3) is 0 Å². The monoisotopic (exact) mass is 383 g/mol. The van der Waals surface area contributed by atoms with Crippen LogP contribution in [-0.4, -0.2) is 55.4 Å². The van der Waals surface area contributed by atoms with Gasteiger partial charge in [-0.1, -0.05) is 12.8 Å². The van der Waals surface area contributed by atoms with Gasteiger partial charge in [0.15, 0.2) is 9.84 Å². The van der Waals surface area contributed by atoms with E-state index in [1.54, 1.807) is 17.0 Å². The Morgan fingerprint density at radius 2 is 2.00 bits per heavy atom. The van der Waals surface area contributed by atoms with Crippen molar-refractivity contribution in [1.82, 2.24) is 15.5 Å². The molecule has 0 unspecified atom stereocenters. The van der Waals surface area contributed by atoms with Crippen molar-refractivity contribution >= 4 is 21.8 Å². The van der Waals surface area contributed by atoms with E-state index in [4.69, 9.17) is 4.42 Å². The number of sulfone groups is 1. The van der Waals surface area contributed by atoms with Crippen LogP contribution in [-0.2, 0) is 21.2 Å². The number of nitrogens with one attached hydrogen (secondary N) is 2. The molecule has 0 spiro atoms. The molecule has 1 aromatic heterocycles. The lowest BCUT2D eigenvalue weighted by molar-refractivity contribution is -0.121. The van der Waals surface area contributed by atoms with Crippen molar-refractivity contribution < 1.29 is 22.4 Å². The molecule has 0 aromatic carbocycles. The fraction of sp³-hybridized carbons (Fsp3) is 0.647. The Morgan fingerprint density at radius 1 is 1.23 bits per heavy atom. The molecule has 26 heavy (non-hydrogen) atoms. The van der Waals surface area contributed by atoms with Crippen molar-refractivity contribution in [2.45, 2.75) is 50.7 Å². The highest BCUT2D eigenvalue weighted by atomic mass is 32.2. The van der Waals surface area contributed by atoms with Gasteiger partial charge in [-0.3, -0.25) is 15.0 Å². The fourth-order valence-electron chi connectivity index (χ4n) is 3.62. The summed E-state index contributed by atoms with van der Waals surface area (Å²) in [7, 11) is -3.08. The minimum atomic E-state index is -3.08. The van der Waals surface area contributed by atoms with Crippen LogP contribution in [0.2, 0.25) is 0 Å². The molecular weight excluding hydrogens is 358 g/mol. The first-order chi connectivity index (χ1) is 12.4. The van der Waals surface area contributed by atoms with Gasteiger partial charge in [-0.05, 0) is 31.4 Å². The third-order valence-corrected chi connectivity index (χ3v) is 6.70. The van der Waals surface area contributed by atoms with Crippen molar-refractivity contribution in [2.24, 2.45) is 0 Å². The van der Waals surface area contributed by atoms with Gasteiger partial charge in [0.1, 0.15) is 5.76 Å². The van der Waals surface area contributed by atoms with Crippen LogP contribution in [0.4, 0.5) is 4.79 Å². The summed E-state index contributed by atoms with van der Waals surface area (Å²) in [5.41, 5.74) is 0. The van der Waals surface area contributed by atoms with Gasteiger partial charge in [-0.15, -0.1) is 0 Å². The van der Waals surface area contributed by atoms with Crippen molar-refractivity contribution in [3.05, 3.63) is 24.2 Å². The van der Waals surface area contributed by atoms with Crippen LogP contribution >= 0.6 is 0 Å². The minimum Gasteiger partial charge on any atom is -0.468 e. The highest BCUT2D eigenvalue weighted by Crippen LogP contribution is 2.20. The van der Waals surface area contributed by atoms with Crippen molar-refractivity contribution in [3.63, 3.8) is 0 Å². The Hall–Kier alpha value is -1.87. The van der Waals surface area contributed by atoms with Gasteiger partial charge in [-0.25, -0.2) is 13.2 Å². The Morgan fingerprint density at radius 3 is 2.62 bits per heavy atom. The number of carbonyl (C=O) groups excluding carboxylic acids is 2. The SMILES string of the molecule is O=C(CN(Cc1ccco1)[C@H]1CCS(=O)(=O)C1)NC(=O)NC1CCCC1. The van der Waals surface area contributed by atoms with E-state index in [1.165, 1.54) is 6.26 Å². The largest absolute Gasteiger partial charge is 0.468 e. The van der Waals surface area contributed by atoms with E-state index >= 15 is 0 Å². The lowest BCUT2D eigenvalue weighted by Gasteiger charge is -2.26. The molecule has 2 aliphatic rings. The molecule has 2 fully saturated rings. The molecule has 1 atom stereocenters. The Bertz CT molecular complexity index is 726. The molecule has 144 valence electrons. The Labute approximate surface area is 153 Å². The zero-order valence-electron chi connectivity index (χ0n) is 14.6. The summed E-state index contributed by atoms with van der Waals surface area (Å²) in [6, 6.07) is 2.91. The van der Waals surface area contributed by atoms with Gasteiger partial charge >= 0.3 is 6.03 Å². The molecule has 8 nitrogen and oxygen atoms in total. The van der Waals surface area contributed by atoms with Crippen LogP contribution in [0.1, 0.15) is 37.9 Å². The number of hydrogen-bond acceptors (Lipinski definition) is 6. The number of hydrogen-bond donors (Lipinski definition) is 2. The first-order valence-corrected chi connectivity index (χ1v) is 10.8. The molecule has 0 bridgehead atoms. The zero-order chi connectivity index (χ0) is 18.6. The number of amides is 3. The van der Waals surface area contributed by atoms with Crippen LogP contribution in [0.25, 0.3) is 0 Å². The van der Waals surface area contributed by atoms with Crippen LogP contribution in [0.15, 0.2) is 22.8 Å². The zero-order valence-corrected chi connectivity index (χ0v) is 15.5. The van der Waals surface area contributed by atoms with Gasteiger partial charge < -0.3 is 9.73 Å². The third-order valence-electron chi connectivity index (χ3n) is 4.95. The van der Waals surface area contributed by atoms with E-state index in [2.05, 4.69) is 10.6 Å². The lowest BCUT2D eigenvalue weighted by Crippen LogP contribution is -2.48. The highest BCUT2D eigenvalue weighted by molar-refractivity contribution is 7.91. The summed E-state index contributed by atoms with van der Waals surface area (Å²) >= 11 is 0. The maximum absolute atomic E-state index is 12.3. The first-order valence-electron chi connectivity index (χ1n) is 8.98. The van der Waals surface area contributed by atoms with Crippen LogP contribution in [0, 0.1) is 0 Å². The normalized spacial score (nSPS) is 22.6. The summed E-state index contributed by atoms with van der Waals surface area (Å²) < 4.78 is 28.9. The van der Waals surface area contributed by atoms with Crippen LogP contribution < -0.4 is 10.6 Å². The summed E-state index contributed by atoms with van der Waals surface area (Å²) in [4.78, 5) is 26.0. The Kier molecular flexibility index (Phi) is 5.98. The summed E-state index contributed by atoms with van der Waals surface area (Å²) in [5, 5.41) is 5.16. The number of rotatable bonds is 6. The molecule has 1 aliphatic carbocycles. The van der Waals surface area contributed by atoms with Crippen LogP contribution in [0.5, 0.6) is 0 Å². The van der Waals surface area contributed by atoms with Crippen molar-refractivity contribution in [3.8, 4) is 0 Å². The lowest BCUT2D eigenvalue weighted by atomic mass is 10.2. The molecule has 0 radical (unpaired) electrons. The molecule has 1 saturated heterocycles. The van der Waals surface area contributed by atoms with E-state index < -0.39 is 21.8 Å². The molecule has 2 N–H and O–H groups in total. The second-order valence-corrected chi connectivity index (χ2v) is 9.27. The molecule has 1 aromatic rings. The predicted molar refractivity (Wildman–Crippen MR) is 95.1 cm³/mol. The van der Waals surface area contributed by atoms with E-state index in [0.29, 0.717) is 18.7 Å². The van der Waals surface area contributed by atoms with Gasteiger partial charge in [0.05, 0.1) is 30.9 Å². The van der Waals surface area contributed by atoms with E-state index in [0.717, 1.165) is 25.7 Å². The number of nitrogens with zero attached hydrogens (tertiary/aromatic N) is 1. The molecule has 1 saturated carbocycles. The third kappa shape index (κ3) is 5.31. The molecule has 2 heterocycles. The standard InChI is InChI=1S/C17H25N3O5S/c21-16(19-17(22)18-13-4-1-2-5-13)11-20(10-15-6-3-8-25-15)14-7-9-26(23,24)12-14/h3,6,8,13-14H,1-2,4-5,7,9-12H2,(H2,18,19,21,22)/t14-/m0/s1. The summed E-state index contributed by atoms with van der Waals surface area (Å²) in [5.74, 6) is 0.347. The van der Waals surface area contributed by atoms with E-state index in [1.807, 2.05) is 0 Å².